The monoisotopic (exact) mass is 1350 g/mol. The molecule has 0 radical (unpaired) electrons. The quantitative estimate of drug-likeness (QED) is 0.00543. The molecule has 1 saturated carbocycles. The molecule has 97 heavy (non-hydrogen) atoms. The minimum Gasteiger partial charge on any atom is -0.467 e. The van der Waals surface area contributed by atoms with Crippen molar-refractivity contribution in [2.75, 3.05) is 26.8 Å². The van der Waals surface area contributed by atoms with E-state index in [2.05, 4.69) is 47.5 Å². The summed E-state index contributed by atoms with van der Waals surface area (Å²) in [4.78, 5) is 140. The number of carbonyl (C=O) groups excluding carboxylic acids is 10. The van der Waals surface area contributed by atoms with Crippen LogP contribution in [-0.4, -0.2) is 141 Å². The standard InChI is InChI=1S/C71H95N9O17/c1-48(2)42-57(75-63(84)55(77-70(90)97-71(4,5)6)36-25-41-73-67(79-68(88)94-45-52-30-17-10-18-31-52)80-69(89)95-46-53-32-19-11-20-33-53)62(83)72-40-24-23-37-59(81)78-61(49(3)93-44-51-28-15-9-16-29-51)65(86)76-58(47-92-43-50-26-13-8-14-27-50)64(85)74-56(66(87)91-7)38-39-60(82)96-54-34-21-12-22-35-54/h8-11,13-20,23,26-33,37,48-49,54-58,61H,12,21-22,24-25,34-36,38-47H2,1-7H3,(H,72,83)(H,74,85)(H,75,84)(H,76,86)(H,77,90)(H,78,81)(H2,73,79,80,88,89)/b37-23+/t49-,55+,56-,57+,58-,61-/m1/s1. The molecule has 0 aliphatic heterocycles. The molecule has 0 spiro atoms. The third kappa shape index (κ3) is 32.1. The molecule has 526 valence electrons. The summed E-state index contributed by atoms with van der Waals surface area (Å²) in [6, 6.07) is 29.5. The fraction of sp³-hybridized carbons (Fsp3) is 0.479. The van der Waals surface area contributed by atoms with Crippen molar-refractivity contribution in [1.29, 1.82) is 0 Å². The average Bonchev–Trinajstić information content (AvgIpc) is 0.982. The van der Waals surface area contributed by atoms with E-state index in [1.165, 1.54) is 12.2 Å². The van der Waals surface area contributed by atoms with Crippen molar-refractivity contribution in [1.82, 2.24) is 42.5 Å². The highest BCUT2D eigenvalue weighted by Crippen LogP contribution is 2.21. The first-order chi connectivity index (χ1) is 46.5. The van der Waals surface area contributed by atoms with Gasteiger partial charge in [-0.25, -0.2) is 19.2 Å². The highest BCUT2D eigenvalue weighted by molar-refractivity contribution is 6.01. The first kappa shape index (κ1) is 78.0. The van der Waals surface area contributed by atoms with E-state index >= 15 is 0 Å². The summed E-state index contributed by atoms with van der Waals surface area (Å²) in [7, 11) is 1.14. The lowest BCUT2D eigenvalue weighted by Gasteiger charge is -2.27. The fourth-order valence-corrected chi connectivity index (χ4v) is 9.76. The number of guanidine groups is 1. The Kier molecular flexibility index (Phi) is 34.3. The second kappa shape index (κ2) is 42.7. The van der Waals surface area contributed by atoms with Crippen molar-refractivity contribution in [3.63, 3.8) is 0 Å². The minimum atomic E-state index is -1.45. The lowest BCUT2D eigenvalue weighted by molar-refractivity contribution is -0.152. The second-order valence-electron chi connectivity index (χ2n) is 24.5. The molecule has 0 heterocycles. The van der Waals surface area contributed by atoms with Crippen molar-refractivity contribution in [3.05, 3.63) is 156 Å². The highest BCUT2D eigenvalue weighted by atomic mass is 16.6. The molecule has 1 aliphatic rings. The van der Waals surface area contributed by atoms with Crippen LogP contribution < -0.4 is 42.5 Å². The third-order valence-corrected chi connectivity index (χ3v) is 14.7. The van der Waals surface area contributed by atoms with Gasteiger partial charge in [0, 0.05) is 19.5 Å². The number of hydrogen-bond acceptors (Lipinski definition) is 18. The number of esters is 2. The van der Waals surface area contributed by atoms with Gasteiger partial charge in [-0.1, -0.05) is 148 Å². The van der Waals surface area contributed by atoms with E-state index in [-0.39, 0.29) is 103 Å². The summed E-state index contributed by atoms with van der Waals surface area (Å²) < 4.78 is 38.8. The zero-order valence-electron chi connectivity index (χ0n) is 56.4. The van der Waals surface area contributed by atoms with Crippen LogP contribution in [0.3, 0.4) is 0 Å². The first-order valence-electron chi connectivity index (χ1n) is 32.7. The Morgan fingerprint density at radius 2 is 1.10 bits per heavy atom. The number of nitrogens with one attached hydrogen (secondary N) is 8. The number of carbonyl (C=O) groups is 10. The third-order valence-electron chi connectivity index (χ3n) is 14.7. The molecule has 1 fully saturated rings. The van der Waals surface area contributed by atoms with Gasteiger partial charge in [0.05, 0.1) is 33.0 Å². The molecule has 0 saturated heterocycles. The predicted molar refractivity (Wildman–Crippen MR) is 359 cm³/mol. The lowest BCUT2D eigenvalue weighted by atomic mass is 9.98. The molecule has 0 aromatic heterocycles. The number of amides is 8. The van der Waals surface area contributed by atoms with E-state index in [1.807, 2.05) is 86.6 Å². The molecule has 0 unspecified atom stereocenters. The largest absolute Gasteiger partial charge is 0.467 e. The normalized spacial score (nSPS) is 14.1. The molecule has 1 aliphatic carbocycles. The van der Waals surface area contributed by atoms with Gasteiger partial charge in [0.25, 0.3) is 0 Å². The zero-order chi connectivity index (χ0) is 70.4. The van der Waals surface area contributed by atoms with Crippen LogP contribution in [0.2, 0.25) is 0 Å². The Bertz CT molecular complexity index is 3120. The van der Waals surface area contributed by atoms with Gasteiger partial charge in [-0.15, -0.1) is 0 Å². The number of rotatable bonds is 36. The van der Waals surface area contributed by atoms with Crippen molar-refractivity contribution >= 4 is 65.7 Å². The zero-order valence-corrected chi connectivity index (χ0v) is 56.4. The Morgan fingerprint density at radius 3 is 1.65 bits per heavy atom. The maximum atomic E-state index is 14.5. The molecule has 26 nitrogen and oxygen atoms in total. The first-order valence-corrected chi connectivity index (χ1v) is 32.7. The molecule has 6 atom stereocenters. The van der Waals surface area contributed by atoms with Crippen LogP contribution in [0.5, 0.6) is 0 Å². The summed E-state index contributed by atoms with van der Waals surface area (Å²) in [6.45, 7) is 9.67. The number of benzene rings is 4. The van der Waals surface area contributed by atoms with Crippen LogP contribution in [0.15, 0.2) is 138 Å². The van der Waals surface area contributed by atoms with Gasteiger partial charge in [0.1, 0.15) is 55.1 Å². The summed E-state index contributed by atoms with van der Waals surface area (Å²) in [5, 5.41) is 21.0. The summed E-state index contributed by atoms with van der Waals surface area (Å²) in [6.07, 6.45) is 3.03. The Balaban J connectivity index is 1.24. The van der Waals surface area contributed by atoms with Crippen LogP contribution in [0, 0.1) is 5.92 Å². The number of ether oxygens (including phenoxy) is 7. The maximum Gasteiger partial charge on any atom is 0.414 e. The summed E-state index contributed by atoms with van der Waals surface area (Å²) >= 11 is 0. The molecule has 0 bridgehead atoms. The van der Waals surface area contributed by atoms with E-state index < -0.39 is 102 Å². The molecular weight excluding hydrogens is 1250 g/mol. The second-order valence-corrected chi connectivity index (χ2v) is 24.5. The summed E-state index contributed by atoms with van der Waals surface area (Å²) in [5.41, 5.74) is 2.02. The van der Waals surface area contributed by atoms with Crippen LogP contribution in [0.4, 0.5) is 14.4 Å². The van der Waals surface area contributed by atoms with Crippen LogP contribution in [0.25, 0.3) is 0 Å². The Morgan fingerprint density at radius 1 is 0.577 bits per heavy atom. The number of nitrogens with zero attached hydrogens (tertiary/aromatic N) is 1. The predicted octanol–water partition coefficient (Wildman–Crippen LogP) is 7.57. The molecule has 8 amide bonds. The van der Waals surface area contributed by atoms with Crippen molar-refractivity contribution in [2.24, 2.45) is 10.9 Å². The minimum absolute atomic E-state index is 0.0107. The van der Waals surface area contributed by atoms with Gasteiger partial charge < -0.3 is 65.1 Å². The lowest BCUT2D eigenvalue weighted by Crippen LogP contribution is -2.59. The number of aliphatic imine (C=N–C) groups is 1. The van der Waals surface area contributed by atoms with Gasteiger partial charge >= 0.3 is 30.2 Å². The van der Waals surface area contributed by atoms with E-state index in [9.17, 15) is 47.9 Å². The Hall–Kier alpha value is -9.69. The average molecular weight is 1350 g/mol. The topological polar surface area (TPSA) is 344 Å². The van der Waals surface area contributed by atoms with Gasteiger partial charge in [-0.2, -0.15) is 0 Å². The number of methoxy groups -OCH3 is 1. The van der Waals surface area contributed by atoms with Crippen molar-refractivity contribution < 1.29 is 81.1 Å². The smallest absolute Gasteiger partial charge is 0.414 e. The van der Waals surface area contributed by atoms with E-state index in [0.29, 0.717) is 11.1 Å². The van der Waals surface area contributed by atoms with E-state index in [4.69, 9.17) is 33.2 Å². The fourth-order valence-electron chi connectivity index (χ4n) is 9.76. The molecule has 26 heteroatoms. The van der Waals surface area contributed by atoms with Gasteiger partial charge in [0.15, 0.2) is 0 Å². The van der Waals surface area contributed by atoms with E-state index in [1.54, 1.807) is 76.2 Å². The summed E-state index contributed by atoms with van der Waals surface area (Å²) in [5.74, 6) is -5.48. The number of alkyl carbamates (subject to hydrolysis) is 3. The molecule has 5 rings (SSSR count). The Labute approximate surface area is 567 Å². The van der Waals surface area contributed by atoms with Crippen LogP contribution >= 0.6 is 0 Å². The van der Waals surface area contributed by atoms with Crippen molar-refractivity contribution in [3.8, 4) is 0 Å². The van der Waals surface area contributed by atoms with Crippen LogP contribution in [-0.2, 0) is 93.1 Å². The number of hydrogen-bond donors (Lipinski definition) is 8. The van der Waals surface area contributed by atoms with Gasteiger partial charge in [0.2, 0.25) is 35.5 Å². The molecule has 4 aromatic rings. The van der Waals surface area contributed by atoms with Crippen molar-refractivity contribution in [2.45, 2.75) is 187 Å². The van der Waals surface area contributed by atoms with Gasteiger partial charge in [-0.3, -0.25) is 44.4 Å². The highest BCUT2D eigenvalue weighted by Gasteiger charge is 2.34. The van der Waals surface area contributed by atoms with Gasteiger partial charge in [-0.05, 0) is 120 Å². The van der Waals surface area contributed by atoms with Crippen LogP contribution in [0.1, 0.15) is 134 Å². The maximum absolute atomic E-state index is 14.5. The SMILES string of the molecule is COC(=O)[C@@H](CCC(=O)OC1CCCCC1)NC(=O)[C@@H](COCc1ccccc1)NC(=O)[C@H](NC(=O)/C=C/CCNC(=O)[C@H](CC(C)C)NC(=O)[C@H](CCCN=C(NC(=O)OCc1ccccc1)NC(=O)OCc1ccccc1)NC(=O)OC(C)(C)C)[C@@H](C)OCc1ccccc1. The molecular formula is C71H95N9O17. The molecule has 4 aromatic carbocycles. The molecule has 8 N–H and O–H groups in total. The van der Waals surface area contributed by atoms with E-state index in [0.717, 1.165) is 50.3 Å².